The SMILES string of the molecule is CC1C2OC(O)C3CC1(C)CC32. The summed E-state index contributed by atoms with van der Waals surface area (Å²) < 4.78 is 5.57. The lowest BCUT2D eigenvalue weighted by molar-refractivity contribution is -0.109. The first-order valence-corrected chi connectivity index (χ1v) is 4.95. The molecule has 3 fully saturated rings. The van der Waals surface area contributed by atoms with E-state index in [0.29, 0.717) is 29.3 Å². The van der Waals surface area contributed by atoms with Gasteiger partial charge in [0, 0.05) is 5.92 Å². The second kappa shape index (κ2) is 1.88. The highest BCUT2D eigenvalue weighted by molar-refractivity contribution is 5.10. The molecule has 3 rings (SSSR count). The van der Waals surface area contributed by atoms with Gasteiger partial charge in [0.15, 0.2) is 6.29 Å². The zero-order valence-corrected chi connectivity index (χ0v) is 7.66. The number of aliphatic hydroxyl groups excluding tert-OH is 1. The van der Waals surface area contributed by atoms with Crippen LogP contribution in [0.5, 0.6) is 0 Å². The van der Waals surface area contributed by atoms with E-state index in [2.05, 4.69) is 13.8 Å². The number of aliphatic hydroxyl groups is 1. The maximum absolute atomic E-state index is 9.61. The van der Waals surface area contributed by atoms with Crippen LogP contribution in [0, 0.1) is 23.2 Å². The molecule has 6 atom stereocenters. The van der Waals surface area contributed by atoms with Gasteiger partial charge >= 0.3 is 0 Å². The molecule has 2 heteroatoms. The predicted octanol–water partition coefficient (Wildman–Crippen LogP) is 1.39. The van der Waals surface area contributed by atoms with Crippen LogP contribution in [0.2, 0.25) is 0 Å². The van der Waals surface area contributed by atoms with Crippen molar-refractivity contribution in [2.24, 2.45) is 23.2 Å². The van der Waals surface area contributed by atoms with Gasteiger partial charge in [-0.05, 0) is 30.1 Å². The molecule has 2 saturated carbocycles. The van der Waals surface area contributed by atoms with Gasteiger partial charge in [0.05, 0.1) is 6.10 Å². The molecule has 2 aliphatic carbocycles. The molecular weight excluding hydrogens is 152 g/mol. The van der Waals surface area contributed by atoms with E-state index >= 15 is 0 Å². The van der Waals surface area contributed by atoms with Crippen LogP contribution < -0.4 is 0 Å². The number of rotatable bonds is 0. The summed E-state index contributed by atoms with van der Waals surface area (Å²) in [4.78, 5) is 0. The fourth-order valence-corrected chi connectivity index (χ4v) is 3.75. The van der Waals surface area contributed by atoms with Gasteiger partial charge in [0.2, 0.25) is 0 Å². The van der Waals surface area contributed by atoms with Crippen molar-refractivity contribution in [1.82, 2.24) is 0 Å². The Bertz CT molecular complexity index is 226. The third kappa shape index (κ3) is 0.612. The van der Waals surface area contributed by atoms with Crippen LogP contribution in [0.1, 0.15) is 26.7 Å². The third-order valence-electron chi connectivity index (χ3n) is 4.63. The van der Waals surface area contributed by atoms with E-state index in [9.17, 15) is 5.11 Å². The topological polar surface area (TPSA) is 29.5 Å². The first kappa shape index (κ1) is 7.34. The smallest absolute Gasteiger partial charge is 0.158 e. The average molecular weight is 168 g/mol. The van der Waals surface area contributed by atoms with Gasteiger partial charge in [-0.3, -0.25) is 0 Å². The van der Waals surface area contributed by atoms with Crippen molar-refractivity contribution in [3.05, 3.63) is 0 Å². The maximum Gasteiger partial charge on any atom is 0.158 e. The number of fused-ring (bicyclic) bond motifs is 1. The van der Waals surface area contributed by atoms with E-state index in [1.54, 1.807) is 0 Å². The van der Waals surface area contributed by atoms with Crippen LogP contribution in [-0.2, 0) is 4.74 Å². The summed E-state index contributed by atoms with van der Waals surface area (Å²) in [5, 5.41) is 9.61. The Morgan fingerprint density at radius 2 is 2.00 bits per heavy atom. The van der Waals surface area contributed by atoms with Crippen LogP contribution in [-0.4, -0.2) is 17.5 Å². The highest BCUT2D eigenvalue weighted by atomic mass is 16.6. The molecule has 1 heterocycles. The Kier molecular flexibility index (Phi) is 1.15. The molecule has 0 radical (unpaired) electrons. The van der Waals surface area contributed by atoms with Crippen molar-refractivity contribution in [1.29, 1.82) is 0 Å². The van der Waals surface area contributed by atoms with Gasteiger partial charge in [0.1, 0.15) is 0 Å². The Hall–Kier alpha value is -0.0800. The van der Waals surface area contributed by atoms with E-state index < -0.39 is 6.29 Å². The number of hydrogen-bond acceptors (Lipinski definition) is 2. The Morgan fingerprint density at radius 3 is 2.58 bits per heavy atom. The van der Waals surface area contributed by atoms with E-state index in [0.717, 1.165) is 0 Å². The molecular formula is C10H16O2. The molecule has 0 aromatic rings. The normalized spacial score (nSPS) is 67.8. The zero-order chi connectivity index (χ0) is 8.51. The van der Waals surface area contributed by atoms with Crippen molar-refractivity contribution in [3.63, 3.8) is 0 Å². The summed E-state index contributed by atoms with van der Waals surface area (Å²) >= 11 is 0. The first-order chi connectivity index (χ1) is 5.62. The molecule has 2 bridgehead atoms. The number of hydrogen-bond donors (Lipinski definition) is 1. The molecule has 0 amide bonds. The summed E-state index contributed by atoms with van der Waals surface area (Å²) in [5.41, 5.74) is 0.470. The maximum atomic E-state index is 9.61. The van der Waals surface area contributed by atoms with E-state index in [4.69, 9.17) is 4.74 Å². The fourth-order valence-electron chi connectivity index (χ4n) is 3.75. The largest absolute Gasteiger partial charge is 0.368 e. The van der Waals surface area contributed by atoms with Crippen molar-refractivity contribution in [2.75, 3.05) is 0 Å². The minimum absolute atomic E-state index is 0.365. The molecule has 0 aromatic carbocycles. The molecule has 1 aliphatic heterocycles. The molecule has 12 heavy (non-hydrogen) atoms. The van der Waals surface area contributed by atoms with E-state index in [1.807, 2.05) is 0 Å². The predicted molar refractivity (Wildman–Crippen MR) is 44.4 cm³/mol. The van der Waals surface area contributed by atoms with Crippen LogP contribution in [0.3, 0.4) is 0 Å². The monoisotopic (exact) mass is 168 g/mol. The summed E-state index contributed by atoms with van der Waals surface area (Å²) in [5.74, 6) is 1.77. The Balaban J connectivity index is 2.02. The van der Waals surface area contributed by atoms with Gasteiger partial charge in [-0.2, -0.15) is 0 Å². The lowest BCUT2D eigenvalue weighted by atomic mass is 9.74. The quantitative estimate of drug-likeness (QED) is 0.592. The van der Waals surface area contributed by atoms with Gasteiger partial charge in [-0.15, -0.1) is 0 Å². The van der Waals surface area contributed by atoms with E-state index in [-0.39, 0.29) is 0 Å². The average Bonchev–Trinajstić information content (AvgIpc) is 2.52. The second-order valence-corrected chi connectivity index (χ2v) is 5.17. The lowest BCUT2D eigenvalue weighted by Crippen LogP contribution is -2.29. The van der Waals surface area contributed by atoms with Crippen LogP contribution in [0.4, 0.5) is 0 Å². The van der Waals surface area contributed by atoms with Gasteiger partial charge in [-0.25, -0.2) is 0 Å². The molecule has 1 N–H and O–H groups in total. The molecule has 3 aliphatic rings. The van der Waals surface area contributed by atoms with Gasteiger partial charge in [0.25, 0.3) is 0 Å². The molecule has 6 unspecified atom stereocenters. The zero-order valence-electron chi connectivity index (χ0n) is 7.66. The third-order valence-corrected chi connectivity index (χ3v) is 4.63. The summed E-state index contributed by atoms with van der Waals surface area (Å²) in [6.45, 7) is 4.63. The molecule has 0 spiro atoms. The Morgan fingerprint density at radius 1 is 1.33 bits per heavy atom. The summed E-state index contributed by atoms with van der Waals surface area (Å²) in [6.07, 6.45) is 2.37. The molecule has 0 aromatic heterocycles. The molecule has 68 valence electrons. The molecule has 1 saturated heterocycles. The highest BCUT2D eigenvalue weighted by Gasteiger charge is 2.64. The van der Waals surface area contributed by atoms with E-state index in [1.165, 1.54) is 12.8 Å². The van der Waals surface area contributed by atoms with Crippen molar-refractivity contribution < 1.29 is 9.84 Å². The van der Waals surface area contributed by atoms with Crippen LogP contribution in [0.25, 0.3) is 0 Å². The summed E-state index contributed by atoms with van der Waals surface area (Å²) in [7, 11) is 0. The highest BCUT2D eigenvalue weighted by Crippen LogP contribution is 2.64. The second-order valence-electron chi connectivity index (χ2n) is 5.17. The molecule has 2 nitrogen and oxygen atoms in total. The van der Waals surface area contributed by atoms with Crippen LogP contribution in [0.15, 0.2) is 0 Å². The van der Waals surface area contributed by atoms with Crippen molar-refractivity contribution >= 4 is 0 Å². The fraction of sp³-hybridized carbons (Fsp3) is 1.00. The van der Waals surface area contributed by atoms with Gasteiger partial charge in [-0.1, -0.05) is 13.8 Å². The van der Waals surface area contributed by atoms with Crippen molar-refractivity contribution in [3.8, 4) is 0 Å². The standard InChI is InChI=1S/C10H16O2/c1-5-8-6-3-10(5,2)4-7(6)9(11)12-8/h5-9,11H,3-4H2,1-2H3. The van der Waals surface area contributed by atoms with Crippen molar-refractivity contribution in [2.45, 2.75) is 39.1 Å². The lowest BCUT2D eigenvalue weighted by Gasteiger charge is -2.30. The van der Waals surface area contributed by atoms with Gasteiger partial charge < -0.3 is 9.84 Å². The minimum atomic E-state index is -0.452. The Labute approximate surface area is 72.9 Å². The first-order valence-electron chi connectivity index (χ1n) is 4.95. The number of ether oxygens (including phenoxy) is 1. The minimum Gasteiger partial charge on any atom is -0.368 e. The summed E-state index contributed by atoms with van der Waals surface area (Å²) in [6, 6.07) is 0. The van der Waals surface area contributed by atoms with Crippen LogP contribution >= 0.6 is 0 Å².